The minimum atomic E-state index is -0.307. The topological polar surface area (TPSA) is 99.2 Å². The normalized spacial score (nSPS) is 10.7. The van der Waals surface area contributed by atoms with Crippen LogP contribution in [0, 0.1) is 0 Å². The van der Waals surface area contributed by atoms with Gasteiger partial charge in [0.05, 0.1) is 12.3 Å². The lowest BCUT2D eigenvalue weighted by Crippen LogP contribution is -2.19. The molecule has 1 heterocycles. The highest BCUT2D eigenvalue weighted by Crippen LogP contribution is 2.23. The number of benzene rings is 2. The number of aliphatic hydroxyl groups is 1. The van der Waals surface area contributed by atoms with Crippen LogP contribution >= 0.6 is 11.8 Å². The number of carbonyl (C=O) groups is 1. The van der Waals surface area contributed by atoms with Crippen LogP contribution in [0.25, 0.3) is 11.4 Å². The Labute approximate surface area is 186 Å². The van der Waals surface area contributed by atoms with Gasteiger partial charge in [-0.1, -0.05) is 32.0 Å². The molecule has 0 fully saturated rings. The molecule has 0 radical (unpaired) electrons. The summed E-state index contributed by atoms with van der Waals surface area (Å²) in [7, 11) is 0. The van der Waals surface area contributed by atoms with Gasteiger partial charge >= 0.3 is 6.03 Å². The van der Waals surface area contributed by atoms with E-state index in [9.17, 15) is 4.79 Å². The Morgan fingerprint density at radius 3 is 2.32 bits per heavy atom. The number of aromatic nitrogens is 2. The van der Waals surface area contributed by atoms with Crippen LogP contribution < -0.4 is 16.0 Å². The van der Waals surface area contributed by atoms with E-state index in [1.54, 1.807) is 0 Å². The fourth-order valence-electron chi connectivity index (χ4n) is 2.74. The Morgan fingerprint density at radius 2 is 1.68 bits per heavy atom. The van der Waals surface area contributed by atoms with Gasteiger partial charge in [-0.3, -0.25) is 0 Å². The van der Waals surface area contributed by atoms with Crippen LogP contribution in [0.2, 0.25) is 0 Å². The van der Waals surface area contributed by atoms with Gasteiger partial charge in [0.1, 0.15) is 5.82 Å². The predicted octanol–water partition coefficient (Wildman–Crippen LogP) is 4.83. The molecule has 7 nitrogen and oxygen atoms in total. The summed E-state index contributed by atoms with van der Waals surface area (Å²) < 4.78 is 0. The van der Waals surface area contributed by atoms with Crippen molar-refractivity contribution in [1.29, 1.82) is 0 Å². The lowest BCUT2D eigenvalue weighted by molar-refractivity contribution is 0.262. The quantitative estimate of drug-likeness (QED) is 0.383. The third-order valence-corrected chi connectivity index (χ3v) is 5.32. The number of para-hydroxylation sites is 1. The number of urea groups is 1. The zero-order chi connectivity index (χ0) is 22.1. The van der Waals surface area contributed by atoms with Gasteiger partial charge in [0.2, 0.25) is 0 Å². The van der Waals surface area contributed by atoms with E-state index >= 15 is 0 Å². The first-order valence-electron chi connectivity index (χ1n) is 10.1. The van der Waals surface area contributed by atoms with E-state index in [2.05, 4.69) is 34.8 Å². The van der Waals surface area contributed by atoms with Crippen LogP contribution in [0.15, 0.2) is 60.7 Å². The van der Waals surface area contributed by atoms with Crippen LogP contribution in [0.4, 0.5) is 22.0 Å². The summed E-state index contributed by atoms with van der Waals surface area (Å²) in [6.45, 7) is 4.75. The van der Waals surface area contributed by atoms with Crippen LogP contribution in [-0.4, -0.2) is 39.5 Å². The number of hydrogen-bond donors (Lipinski definition) is 4. The Balaban J connectivity index is 1.72. The summed E-state index contributed by atoms with van der Waals surface area (Å²) in [5.74, 6) is 2.06. The predicted molar refractivity (Wildman–Crippen MR) is 129 cm³/mol. The maximum Gasteiger partial charge on any atom is 0.323 e. The highest BCUT2D eigenvalue weighted by molar-refractivity contribution is 7.99. The molecule has 3 rings (SSSR count). The first-order chi connectivity index (χ1) is 15.0. The molecule has 0 unspecified atom stereocenters. The van der Waals surface area contributed by atoms with Gasteiger partial charge in [-0.15, -0.1) is 0 Å². The van der Waals surface area contributed by atoms with Crippen LogP contribution in [0.5, 0.6) is 0 Å². The summed E-state index contributed by atoms with van der Waals surface area (Å²) in [5, 5.41) is 18.3. The maximum atomic E-state index is 12.2. The lowest BCUT2D eigenvalue weighted by atomic mass is 10.2. The Kier molecular flexibility index (Phi) is 8.26. The zero-order valence-corrected chi connectivity index (χ0v) is 18.4. The lowest BCUT2D eigenvalue weighted by Gasteiger charge is -2.11. The average molecular weight is 438 g/mol. The van der Waals surface area contributed by atoms with Crippen molar-refractivity contribution in [2.45, 2.75) is 24.9 Å². The maximum absolute atomic E-state index is 12.2. The minimum Gasteiger partial charge on any atom is -0.395 e. The number of nitrogens with one attached hydrogen (secondary N) is 3. The van der Waals surface area contributed by atoms with E-state index in [1.807, 2.05) is 72.4 Å². The van der Waals surface area contributed by atoms with E-state index in [-0.39, 0.29) is 12.6 Å². The molecule has 0 spiro atoms. The fourth-order valence-corrected chi connectivity index (χ4v) is 3.40. The Hall–Kier alpha value is -3.10. The van der Waals surface area contributed by atoms with Gasteiger partial charge in [-0.25, -0.2) is 14.8 Å². The summed E-state index contributed by atoms with van der Waals surface area (Å²) in [6.07, 6.45) is 0. The zero-order valence-electron chi connectivity index (χ0n) is 17.6. The number of hydrogen-bond acceptors (Lipinski definition) is 6. The van der Waals surface area contributed by atoms with Crippen molar-refractivity contribution in [3.8, 4) is 11.4 Å². The molecule has 2 aromatic carbocycles. The monoisotopic (exact) mass is 437 g/mol. The summed E-state index contributed by atoms with van der Waals surface area (Å²) in [5.41, 5.74) is 3.16. The molecule has 162 valence electrons. The van der Waals surface area contributed by atoms with Crippen molar-refractivity contribution < 1.29 is 9.90 Å². The third-order valence-electron chi connectivity index (χ3n) is 4.19. The number of carbonyl (C=O) groups excluding carboxylic acids is 1. The second-order valence-corrected chi connectivity index (χ2v) is 8.67. The molecule has 0 atom stereocenters. The van der Waals surface area contributed by atoms with Gasteiger partial charge in [0, 0.05) is 35.3 Å². The number of amides is 2. The Morgan fingerprint density at radius 1 is 1.00 bits per heavy atom. The van der Waals surface area contributed by atoms with Gasteiger partial charge in [0.15, 0.2) is 5.82 Å². The van der Waals surface area contributed by atoms with Crippen molar-refractivity contribution in [2.75, 3.05) is 29.1 Å². The van der Waals surface area contributed by atoms with Crippen molar-refractivity contribution >= 4 is 35.0 Å². The number of nitrogens with zero attached hydrogens (tertiary/aromatic N) is 2. The second-order valence-electron chi connectivity index (χ2n) is 7.10. The SMILES string of the molecule is CC(C)SCc1cc(NCCO)nc(-c2ccc(NC(=O)Nc3ccccc3)cc2)n1. The smallest absolute Gasteiger partial charge is 0.323 e. The van der Waals surface area contributed by atoms with Gasteiger partial charge in [-0.2, -0.15) is 11.8 Å². The minimum absolute atomic E-state index is 0.0286. The second kappa shape index (κ2) is 11.3. The molecule has 2 amide bonds. The van der Waals surface area contributed by atoms with Gasteiger partial charge < -0.3 is 21.1 Å². The molecule has 0 aliphatic carbocycles. The molecule has 0 saturated heterocycles. The fraction of sp³-hybridized carbons (Fsp3) is 0.261. The molecule has 3 aromatic rings. The molecular formula is C23H27N5O2S. The number of thioether (sulfide) groups is 1. The van der Waals surface area contributed by atoms with Crippen molar-refractivity contribution in [3.63, 3.8) is 0 Å². The molecule has 0 bridgehead atoms. The molecule has 0 saturated carbocycles. The first-order valence-corrected chi connectivity index (χ1v) is 11.2. The average Bonchev–Trinajstić information content (AvgIpc) is 2.77. The van der Waals surface area contributed by atoms with E-state index < -0.39 is 0 Å². The van der Waals surface area contributed by atoms with E-state index in [0.717, 1.165) is 22.7 Å². The molecular weight excluding hydrogens is 410 g/mol. The van der Waals surface area contributed by atoms with Crippen molar-refractivity contribution in [2.24, 2.45) is 0 Å². The standard InChI is InChI=1S/C23H27N5O2S/c1-16(2)31-15-20-14-21(24-12-13-29)28-22(25-20)17-8-10-19(11-9-17)27-23(30)26-18-6-4-3-5-7-18/h3-11,14,16,29H,12-13,15H2,1-2H3,(H,24,25,28)(H2,26,27,30). The van der Waals surface area contributed by atoms with Crippen LogP contribution in [0.1, 0.15) is 19.5 Å². The molecule has 8 heteroatoms. The van der Waals surface area contributed by atoms with Crippen molar-refractivity contribution in [1.82, 2.24) is 9.97 Å². The first kappa shape index (κ1) is 22.6. The van der Waals surface area contributed by atoms with E-state index in [1.165, 1.54) is 0 Å². The number of rotatable bonds is 9. The summed E-state index contributed by atoms with van der Waals surface area (Å²) in [6, 6.07) is 18.3. The molecule has 0 aliphatic rings. The largest absolute Gasteiger partial charge is 0.395 e. The highest BCUT2D eigenvalue weighted by atomic mass is 32.2. The highest BCUT2D eigenvalue weighted by Gasteiger charge is 2.09. The Bertz CT molecular complexity index is 981. The van der Waals surface area contributed by atoms with E-state index in [0.29, 0.717) is 29.1 Å². The molecule has 0 aliphatic heterocycles. The van der Waals surface area contributed by atoms with E-state index in [4.69, 9.17) is 10.1 Å². The van der Waals surface area contributed by atoms with Crippen LogP contribution in [0.3, 0.4) is 0 Å². The molecule has 4 N–H and O–H groups in total. The third kappa shape index (κ3) is 7.27. The summed E-state index contributed by atoms with van der Waals surface area (Å²) >= 11 is 1.81. The molecule has 31 heavy (non-hydrogen) atoms. The van der Waals surface area contributed by atoms with Gasteiger partial charge in [0.25, 0.3) is 0 Å². The van der Waals surface area contributed by atoms with Crippen molar-refractivity contribution in [3.05, 3.63) is 66.4 Å². The van der Waals surface area contributed by atoms with Crippen LogP contribution in [-0.2, 0) is 5.75 Å². The van der Waals surface area contributed by atoms with Gasteiger partial charge in [-0.05, 0) is 41.6 Å². The number of anilines is 3. The molecule has 1 aromatic heterocycles. The summed E-state index contributed by atoms with van der Waals surface area (Å²) in [4.78, 5) is 21.4. The number of aliphatic hydroxyl groups excluding tert-OH is 1.